The molecule has 0 aliphatic rings. The van der Waals surface area contributed by atoms with Crippen LogP contribution in [0.15, 0.2) is 47.3 Å². The summed E-state index contributed by atoms with van der Waals surface area (Å²) in [6, 6.07) is 11.4. The summed E-state index contributed by atoms with van der Waals surface area (Å²) in [7, 11) is 0. The molecular formula is C16H14N2O3. The van der Waals surface area contributed by atoms with Gasteiger partial charge in [-0.15, -0.1) is 0 Å². The Hall–Kier alpha value is -2.84. The molecular weight excluding hydrogens is 268 g/mol. The molecule has 3 N–H and O–H groups in total. The van der Waals surface area contributed by atoms with Crippen molar-refractivity contribution in [2.75, 3.05) is 11.9 Å². The number of anilines is 1. The number of pyridine rings is 1. The van der Waals surface area contributed by atoms with Gasteiger partial charge in [0.05, 0.1) is 6.61 Å². The molecule has 0 atom stereocenters. The largest absolute Gasteiger partial charge is 0.395 e. The lowest BCUT2D eigenvalue weighted by molar-refractivity contribution is 0.102. The number of aliphatic hydroxyl groups excluding tert-OH is 1. The van der Waals surface area contributed by atoms with Crippen molar-refractivity contribution in [3.8, 4) is 11.8 Å². The maximum absolute atomic E-state index is 12.0. The van der Waals surface area contributed by atoms with E-state index < -0.39 is 5.91 Å². The first-order valence-corrected chi connectivity index (χ1v) is 6.39. The quantitative estimate of drug-likeness (QED) is 0.743. The van der Waals surface area contributed by atoms with E-state index in [9.17, 15) is 9.59 Å². The number of carbonyl (C=O) groups excluding carboxylic acids is 1. The fraction of sp³-hybridized carbons (Fsp3) is 0.125. The van der Waals surface area contributed by atoms with Crippen LogP contribution in [0.4, 0.5) is 5.69 Å². The fourth-order valence-corrected chi connectivity index (χ4v) is 1.67. The van der Waals surface area contributed by atoms with Crippen LogP contribution in [-0.4, -0.2) is 22.6 Å². The average Bonchev–Trinajstić information content (AvgIpc) is 2.48. The van der Waals surface area contributed by atoms with Crippen molar-refractivity contribution < 1.29 is 9.90 Å². The summed E-state index contributed by atoms with van der Waals surface area (Å²) in [6.07, 6.45) is 0.405. The highest BCUT2D eigenvalue weighted by Crippen LogP contribution is 2.10. The number of benzene rings is 1. The van der Waals surface area contributed by atoms with Gasteiger partial charge in [0.15, 0.2) is 0 Å². The first-order valence-electron chi connectivity index (χ1n) is 6.39. The molecule has 1 aromatic carbocycles. The minimum Gasteiger partial charge on any atom is -0.395 e. The van der Waals surface area contributed by atoms with Crippen LogP contribution in [0.2, 0.25) is 0 Å². The third-order valence-corrected chi connectivity index (χ3v) is 2.60. The third kappa shape index (κ3) is 4.34. The molecule has 0 spiro atoms. The van der Waals surface area contributed by atoms with Gasteiger partial charge >= 0.3 is 0 Å². The molecule has 0 bridgehead atoms. The zero-order chi connectivity index (χ0) is 15.1. The van der Waals surface area contributed by atoms with Crippen LogP contribution in [-0.2, 0) is 0 Å². The van der Waals surface area contributed by atoms with E-state index in [1.807, 2.05) is 6.07 Å². The Morgan fingerprint density at radius 3 is 2.81 bits per heavy atom. The second kappa shape index (κ2) is 7.08. The Kier molecular flexibility index (Phi) is 4.91. The summed E-state index contributed by atoms with van der Waals surface area (Å²) in [5, 5.41) is 11.4. The molecule has 1 aromatic heterocycles. The Bertz CT molecular complexity index is 754. The molecule has 5 nitrogen and oxygen atoms in total. The van der Waals surface area contributed by atoms with E-state index in [1.54, 1.807) is 18.2 Å². The maximum atomic E-state index is 12.0. The van der Waals surface area contributed by atoms with Crippen LogP contribution >= 0.6 is 0 Å². The minimum atomic E-state index is -0.395. The Labute approximate surface area is 121 Å². The molecule has 0 aliphatic carbocycles. The molecule has 21 heavy (non-hydrogen) atoms. The van der Waals surface area contributed by atoms with Crippen molar-refractivity contribution in [3.63, 3.8) is 0 Å². The molecule has 106 valence electrons. The van der Waals surface area contributed by atoms with Crippen molar-refractivity contribution in [2.45, 2.75) is 6.42 Å². The summed E-state index contributed by atoms with van der Waals surface area (Å²) in [4.78, 5) is 25.6. The molecule has 0 fully saturated rings. The highest BCUT2D eigenvalue weighted by molar-refractivity contribution is 6.02. The number of hydrogen-bond acceptors (Lipinski definition) is 3. The zero-order valence-electron chi connectivity index (χ0n) is 11.2. The summed E-state index contributed by atoms with van der Waals surface area (Å²) in [5.41, 5.74) is 1.19. The van der Waals surface area contributed by atoms with Gasteiger partial charge in [-0.2, -0.15) is 0 Å². The monoisotopic (exact) mass is 282 g/mol. The molecule has 2 rings (SSSR count). The lowest BCUT2D eigenvalue weighted by atomic mass is 10.2. The lowest BCUT2D eigenvalue weighted by Gasteiger charge is -2.05. The van der Waals surface area contributed by atoms with Crippen molar-refractivity contribution in [1.29, 1.82) is 0 Å². The molecule has 5 heteroatoms. The van der Waals surface area contributed by atoms with Gasteiger partial charge in [0, 0.05) is 23.7 Å². The Morgan fingerprint density at radius 2 is 2.05 bits per heavy atom. The van der Waals surface area contributed by atoms with Crippen LogP contribution in [0.1, 0.15) is 22.5 Å². The van der Waals surface area contributed by atoms with Gasteiger partial charge in [-0.1, -0.05) is 24.0 Å². The normalized spacial score (nSPS) is 9.57. The summed E-state index contributed by atoms with van der Waals surface area (Å²) < 4.78 is 0. The zero-order valence-corrected chi connectivity index (χ0v) is 11.2. The number of aromatic amines is 1. The standard InChI is InChI=1S/C16H14N2O3/c19-10-2-1-5-12-6-3-7-13(11-12)17-16(21)14-8-4-9-15(20)18-14/h3-4,6-9,11,19H,2,10H2,(H,17,21)(H,18,20). The average molecular weight is 282 g/mol. The van der Waals surface area contributed by atoms with E-state index in [1.165, 1.54) is 18.2 Å². The number of carbonyl (C=O) groups is 1. The van der Waals surface area contributed by atoms with Crippen molar-refractivity contribution in [2.24, 2.45) is 0 Å². The highest BCUT2D eigenvalue weighted by atomic mass is 16.2. The molecule has 0 aliphatic heterocycles. The topological polar surface area (TPSA) is 82.2 Å². The van der Waals surface area contributed by atoms with Crippen molar-refractivity contribution in [1.82, 2.24) is 4.98 Å². The van der Waals surface area contributed by atoms with Gasteiger partial charge in [-0.05, 0) is 24.3 Å². The number of aliphatic hydroxyl groups is 1. The maximum Gasteiger partial charge on any atom is 0.272 e. The summed E-state index contributed by atoms with van der Waals surface area (Å²) >= 11 is 0. The van der Waals surface area contributed by atoms with Crippen LogP contribution in [0.5, 0.6) is 0 Å². The Balaban J connectivity index is 2.13. The number of rotatable bonds is 3. The second-order valence-electron chi connectivity index (χ2n) is 4.24. The molecule has 0 unspecified atom stereocenters. The van der Waals surface area contributed by atoms with Gasteiger partial charge < -0.3 is 15.4 Å². The SMILES string of the molecule is O=C(Nc1cccc(C#CCCO)c1)c1cccc(=O)[nH]1. The molecule has 2 aromatic rings. The van der Waals surface area contributed by atoms with E-state index in [0.717, 1.165) is 5.56 Å². The number of H-pyrrole nitrogens is 1. The molecule has 1 amide bonds. The molecule has 0 saturated heterocycles. The summed E-state index contributed by atoms with van der Waals surface area (Å²) in [5.74, 6) is 5.30. The van der Waals surface area contributed by atoms with Crippen LogP contribution in [0, 0.1) is 11.8 Å². The van der Waals surface area contributed by atoms with E-state index in [2.05, 4.69) is 22.1 Å². The highest BCUT2D eigenvalue weighted by Gasteiger charge is 2.06. The van der Waals surface area contributed by atoms with Gasteiger partial charge in [0.25, 0.3) is 5.91 Å². The number of hydrogen-bond donors (Lipinski definition) is 3. The van der Waals surface area contributed by atoms with E-state index in [4.69, 9.17) is 5.11 Å². The van der Waals surface area contributed by atoms with Gasteiger partial charge in [0.1, 0.15) is 5.69 Å². The predicted octanol–water partition coefficient (Wildman–Crippen LogP) is 1.36. The molecule has 1 heterocycles. The fourth-order valence-electron chi connectivity index (χ4n) is 1.67. The lowest BCUT2D eigenvalue weighted by Crippen LogP contribution is -2.17. The van der Waals surface area contributed by atoms with Gasteiger partial charge in [0.2, 0.25) is 5.56 Å². The van der Waals surface area contributed by atoms with Crippen LogP contribution in [0.25, 0.3) is 0 Å². The first-order chi connectivity index (χ1) is 10.2. The van der Waals surface area contributed by atoms with E-state index in [0.29, 0.717) is 12.1 Å². The Morgan fingerprint density at radius 1 is 1.24 bits per heavy atom. The van der Waals surface area contributed by atoms with E-state index in [-0.39, 0.29) is 17.9 Å². The molecule has 0 saturated carbocycles. The second-order valence-corrected chi connectivity index (χ2v) is 4.24. The predicted molar refractivity (Wildman–Crippen MR) is 80.0 cm³/mol. The van der Waals surface area contributed by atoms with Crippen LogP contribution in [0.3, 0.4) is 0 Å². The van der Waals surface area contributed by atoms with Gasteiger partial charge in [-0.25, -0.2) is 0 Å². The smallest absolute Gasteiger partial charge is 0.272 e. The van der Waals surface area contributed by atoms with Crippen molar-refractivity contribution >= 4 is 11.6 Å². The minimum absolute atomic E-state index is 0.0186. The number of aromatic nitrogens is 1. The molecule has 0 radical (unpaired) electrons. The summed E-state index contributed by atoms with van der Waals surface area (Å²) in [6.45, 7) is 0.0186. The van der Waals surface area contributed by atoms with Crippen LogP contribution < -0.4 is 10.9 Å². The number of nitrogens with one attached hydrogen (secondary N) is 2. The van der Waals surface area contributed by atoms with Crippen molar-refractivity contribution in [3.05, 3.63) is 64.1 Å². The number of amides is 1. The third-order valence-electron chi connectivity index (χ3n) is 2.60. The van der Waals surface area contributed by atoms with Gasteiger partial charge in [-0.3, -0.25) is 9.59 Å². The van der Waals surface area contributed by atoms with E-state index >= 15 is 0 Å². The first kappa shape index (κ1) is 14.6.